The molecule has 0 aliphatic carbocycles. The number of hydrogen-bond donors (Lipinski definition) is 1. The average Bonchev–Trinajstić information content (AvgIpc) is 2.96. The maximum absolute atomic E-state index is 12.2. The third-order valence-corrected chi connectivity index (χ3v) is 3.51. The third kappa shape index (κ3) is 4.58. The van der Waals surface area contributed by atoms with Crippen molar-refractivity contribution in [3.05, 3.63) is 41.7 Å². The fraction of sp³-hybridized carbons (Fsp3) is 0.444. The van der Waals surface area contributed by atoms with Gasteiger partial charge >= 0.3 is 0 Å². The molecule has 23 heavy (non-hydrogen) atoms. The van der Waals surface area contributed by atoms with Crippen molar-refractivity contribution in [2.24, 2.45) is 0 Å². The maximum atomic E-state index is 12.2. The molecular formula is C18H24N2O3. The van der Waals surface area contributed by atoms with Crippen LogP contribution in [0.15, 0.2) is 34.9 Å². The summed E-state index contributed by atoms with van der Waals surface area (Å²) in [6.45, 7) is 9.85. The standard InChI is InChI=1S/C18H24N2O3/c1-6-13-7-9-14(10-8-13)22-12(2)17(21)19-16-11-15(23-20-16)18(3,4)5/h7-12H,6H2,1-5H3,(H,19,20,21)/t12-/m1/s1. The number of benzene rings is 1. The molecule has 0 aliphatic rings. The summed E-state index contributed by atoms with van der Waals surface area (Å²) < 4.78 is 10.9. The molecule has 2 rings (SSSR count). The first-order valence-corrected chi connectivity index (χ1v) is 7.83. The van der Waals surface area contributed by atoms with Gasteiger partial charge in [0.1, 0.15) is 11.5 Å². The molecule has 1 aromatic carbocycles. The summed E-state index contributed by atoms with van der Waals surface area (Å²) in [6.07, 6.45) is 0.343. The Labute approximate surface area is 137 Å². The highest BCUT2D eigenvalue weighted by atomic mass is 16.5. The first kappa shape index (κ1) is 17.1. The number of nitrogens with one attached hydrogen (secondary N) is 1. The Morgan fingerprint density at radius 3 is 2.48 bits per heavy atom. The number of carbonyl (C=O) groups excluding carboxylic acids is 1. The Balaban J connectivity index is 1.95. The van der Waals surface area contributed by atoms with Gasteiger partial charge in [0.25, 0.3) is 5.91 Å². The highest BCUT2D eigenvalue weighted by Crippen LogP contribution is 2.24. The number of amides is 1. The van der Waals surface area contributed by atoms with Crippen LogP contribution in [0.5, 0.6) is 5.75 Å². The fourth-order valence-electron chi connectivity index (χ4n) is 1.98. The molecule has 1 atom stereocenters. The van der Waals surface area contributed by atoms with Gasteiger partial charge in [-0.1, -0.05) is 45.0 Å². The minimum atomic E-state index is -0.628. The van der Waals surface area contributed by atoms with Crippen molar-refractivity contribution in [2.75, 3.05) is 5.32 Å². The van der Waals surface area contributed by atoms with Gasteiger partial charge in [-0.25, -0.2) is 0 Å². The fourth-order valence-corrected chi connectivity index (χ4v) is 1.98. The smallest absolute Gasteiger partial charge is 0.266 e. The Bertz CT molecular complexity index is 654. The van der Waals surface area contributed by atoms with Gasteiger partial charge in [-0.15, -0.1) is 0 Å². The lowest BCUT2D eigenvalue weighted by Crippen LogP contribution is -2.30. The molecule has 0 saturated heterocycles. The summed E-state index contributed by atoms with van der Waals surface area (Å²) in [7, 11) is 0. The zero-order valence-electron chi connectivity index (χ0n) is 14.3. The second kappa shape index (κ2) is 6.86. The predicted molar refractivity (Wildman–Crippen MR) is 89.7 cm³/mol. The van der Waals surface area contributed by atoms with Crippen molar-refractivity contribution in [2.45, 2.75) is 52.6 Å². The van der Waals surface area contributed by atoms with E-state index >= 15 is 0 Å². The van der Waals surface area contributed by atoms with E-state index in [1.54, 1.807) is 13.0 Å². The summed E-state index contributed by atoms with van der Waals surface area (Å²) in [4.78, 5) is 12.2. The number of ether oxygens (including phenoxy) is 1. The number of carbonyl (C=O) groups is 1. The lowest BCUT2D eigenvalue weighted by Gasteiger charge is -2.14. The number of aryl methyl sites for hydroxylation is 1. The topological polar surface area (TPSA) is 64.4 Å². The van der Waals surface area contributed by atoms with Gasteiger partial charge in [-0.2, -0.15) is 0 Å². The number of anilines is 1. The first-order chi connectivity index (χ1) is 10.8. The summed E-state index contributed by atoms with van der Waals surface area (Å²) in [5.41, 5.74) is 1.07. The summed E-state index contributed by atoms with van der Waals surface area (Å²) >= 11 is 0. The van der Waals surface area contributed by atoms with Crippen LogP contribution in [0.1, 0.15) is 45.9 Å². The molecule has 5 nitrogen and oxygen atoms in total. The minimum absolute atomic E-state index is 0.154. The number of hydrogen-bond acceptors (Lipinski definition) is 4. The van der Waals surface area contributed by atoms with E-state index in [0.717, 1.165) is 12.2 Å². The number of rotatable bonds is 5. The van der Waals surface area contributed by atoms with Crippen molar-refractivity contribution < 1.29 is 14.1 Å². The molecule has 5 heteroatoms. The predicted octanol–water partition coefficient (Wildman–Crippen LogP) is 3.94. The van der Waals surface area contributed by atoms with Crippen LogP contribution < -0.4 is 10.1 Å². The molecule has 0 spiro atoms. The summed E-state index contributed by atoms with van der Waals surface area (Å²) in [5, 5.41) is 6.58. The van der Waals surface area contributed by atoms with Crippen LogP contribution in [0, 0.1) is 0 Å². The quantitative estimate of drug-likeness (QED) is 0.907. The van der Waals surface area contributed by atoms with Gasteiger partial charge in [-0.3, -0.25) is 4.79 Å². The van der Waals surface area contributed by atoms with Crippen LogP contribution in [0.4, 0.5) is 5.82 Å². The average molecular weight is 316 g/mol. The van der Waals surface area contributed by atoms with Gasteiger partial charge in [0.2, 0.25) is 0 Å². The highest BCUT2D eigenvalue weighted by Gasteiger charge is 2.22. The second-order valence-electron chi connectivity index (χ2n) is 6.57. The van der Waals surface area contributed by atoms with Crippen molar-refractivity contribution >= 4 is 11.7 Å². The van der Waals surface area contributed by atoms with E-state index in [4.69, 9.17) is 9.26 Å². The zero-order chi connectivity index (χ0) is 17.0. The molecule has 0 bridgehead atoms. The molecule has 1 N–H and O–H groups in total. The molecule has 0 radical (unpaired) electrons. The summed E-state index contributed by atoms with van der Waals surface area (Å²) in [6, 6.07) is 9.47. The molecule has 1 heterocycles. The maximum Gasteiger partial charge on any atom is 0.266 e. The van der Waals surface area contributed by atoms with Crippen LogP contribution in [-0.4, -0.2) is 17.2 Å². The van der Waals surface area contributed by atoms with E-state index < -0.39 is 6.10 Å². The molecular weight excluding hydrogens is 292 g/mol. The van der Waals surface area contributed by atoms with Crippen molar-refractivity contribution in [3.8, 4) is 5.75 Å². The SMILES string of the molecule is CCc1ccc(O[C@H](C)C(=O)Nc2cc(C(C)(C)C)on2)cc1. The Morgan fingerprint density at radius 2 is 1.96 bits per heavy atom. The Hall–Kier alpha value is -2.30. The zero-order valence-corrected chi connectivity index (χ0v) is 14.3. The third-order valence-electron chi connectivity index (χ3n) is 3.51. The van der Waals surface area contributed by atoms with Crippen LogP contribution in [0.2, 0.25) is 0 Å². The van der Waals surface area contributed by atoms with E-state index in [1.807, 2.05) is 45.0 Å². The van der Waals surface area contributed by atoms with Crippen molar-refractivity contribution in [3.63, 3.8) is 0 Å². The van der Waals surface area contributed by atoms with Crippen LogP contribution in [-0.2, 0) is 16.6 Å². The van der Waals surface area contributed by atoms with E-state index in [9.17, 15) is 4.79 Å². The molecule has 0 unspecified atom stereocenters. The first-order valence-electron chi connectivity index (χ1n) is 7.83. The van der Waals surface area contributed by atoms with Crippen LogP contribution in [0.25, 0.3) is 0 Å². The minimum Gasteiger partial charge on any atom is -0.481 e. The molecule has 124 valence electrons. The molecule has 2 aromatic rings. The van der Waals surface area contributed by atoms with E-state index in [0.29, 0.717) is 11.6 Å². The van der Waals surface area contributed by atoms with Gasteiger partial charge in [0.05, 0.1) is 0 Å². The lowest BCUT2D eigenvalue weighted by molar-refractivity contribution is -0.122. The van der Waals surface area contributed by atoms with Crippen LogP contribution >= 0.6 is 0 Å². The molecule has 1 aromatic heterocycles. The summed E-state index contributed by atoms with van der Waals surface area (Å²) in [5.74, 6) is 1.52. The largest absolute Gasteiger partial charge is 0.481 e. The van der Waals surface area contributed by atoms with E-state index in [2.05, 4.69) is 17.4 Å². The molecule has 0 aliphatic heterocycles. The van der Waals surface area contributed by atoms with E-state index in [-0.39, 0.29) is 11.3 Å². The normalized spacial score (nSPS) is 12.7. The lowest BCUT2D eigenvalue weighted by atomic mass is 9.93. The van der Waals surface area contributed by atoms with Gasteiger partial charge in [0, 0.05) is 11.5 Å². The molecule has 1 amide bonds. The van der Waals surface area contributed by atoms with Gasteiger partial charge in [0.15, 0.2) is 11.9 Å². The second-order valence-corrected chi connectivity index (χ2v) is 6.57. The Morgan fingerprint density at radius 1 is 1.30 bits per heavy atom. The Kier molecular flexibility index (Phi) is 5.08. The van der Waals surface area contributed by atoms with Gasteiger partial charge in [-0.05, 0) is 31.0 Å². The van der Waals surface area contributed by atoms with Crippen molar-refractivity contribution in [1.82, 2.24) is 5.16 Å². The van der Waals surface area contributed by atoms with Gasteiger partial charge < -0.3 is 14.6 Å². The monoisotopic (exact) mass is 316 g/mol. The number of nitrogens with zero attached hydrogens (tertiary/aromatic N) is 1. The molecule has 0 fully saturated rings. The number of aromatic nitrogens is 1. The molecule has 0 saturated carbocycles. The van der Waals surface area contributed by atoms with Crippen molar-refractivity contribution in [1.29, 1.82) is 0 Å². The van der Waals surface area contributed by atoms with Crippen LogP contribution in [0.3, 0.4) is 0 Å². The highest BCUT2D eigenvalue weighted by molar-refractivity contribution is 5.93. The van der Waals surface area contributed by atoms with E-state index in [1.165, 1.54) is 5.56 Å².